The Balaban J connectivity index is 0.000000135. The van der Waals surface area contributed by atoms with Gasteiger partial charge in [0.15, 0.2) is 0 Å². The van der Waals surface area contributed by atoms with E-state index in [0.717, 1.165) is 0 Å². The van der Waals surface area contributed by atoms with Crippen molar-refractivity contribution in [1.82, 2.24) is 0 Å². The molecule has 3 heterocycles. The molecule has 0 spiro atoms. The summed E-state index contributed by atoms with van der Waals surface area (Å²) in [5, 5.41) is 19.1. The fourth-order valence-corrected chi connectivity index (χ4v) is 0.662. The molecule has 0 N–H and O–H groups in total. The topological polar surface area (TPSA) is 125 Å². The molecular weight excluding hydrogens is 240 g/mol. The van der Waals surface area contributed by atoms with Crippen LogP contribution in [-0.2, 0) is 14.4 Å². The zero-order valence-corrected chi connectivity index (χ0v) is 8.87. The molecule has 0 fully saturated rings. The second-order valence-electron chi connectivity index (χ2n) is 2.61. The van der Waals surface area contributed by atoms with Crippen molar-refractivity contribution >= 4 is 17.7 Å². The summed E-state index contributed by atoms with van der Waals surface area (Å²) in [4.78, 5) is 29.7. The van der Waals surface area contributed by atoms with E-state index in [1.807, 2.05) is 0 Å². The number of nitrogens with zero attached hydrogens (tertiary/aromatic N) is 6. The van der Waals surface area contributed by atoms with Gasteiger partial charge >= 0.3 is 0 Å². The van der Waals surface area contributed by atoms with Crippen LogP contribution in [0.15, 0.2) is 67.5 Å². The predicted octanol–water partition coefficient (Wildman–Crippen LogP) is 1.48. The molecule has 0 saturated carbocycles. The Morgan fingerprint density at radius 1 is 0.556 bits per heavy atom. The predicted molar refractivity (Wildman–Crippen MR) is 57.0 cm³/mol. The Bertz CT molecular complexity index is 408. The Labute approximate surface area is 100 Å². The van der Waals surface area contributed by atoms with E-state index in [9.17, 15) is 14.4 Å². The molecule has 0 aromatic rings. The molecule has 0 aromatic carbocycles. The van der Waals surface area contributed by atoms with Crippen LogP contribution < -0.4 is 0 Å². The molecule has 3 amide bonds. The number of azo groups is 3. The Morgan fingerprint density at radius 3 is 0.889 bits per heavy atom. The van der Waals surface area contributed by atoms with Gasteiger partial charge in [-0.2, -0.15) is 15.3 Å². The van der Waals surface area contributed by atoms with Gasteiger partial charge in [-0.3, -0.25) is 14.4 Å². The molecule has 9 heteroatoms. The van der Waals surface area contributed by atoms with Gasteiger partial charge in [0.1, 0.15) is 0 Å². The SMILES string of the molecule is O=C1C=CN=N1.O=C1C=CN=N1.O=C1C=CN=N1. The molecule has 0 bridgehead atoms. The monoisotopic (exact) mass is 246 g/mol. The molecule has 3 rings (SSSR count). The van der Waals surface area contributed by atoms with Crippen LogP contribution in [-0.4, -0.2) is 17.7 Å². The Kier molecular flexibility index (Phi) is 5.33. The summed E-state index contributed by atoms with van der Waals surface area (Å²) < 4.78 is 0. The van der Waals surface area contributed by atoms with Crippen molar-refractivity contribution in [3.05, 3.63) is 36.8 Å². The maximum Gasteiger partial charge on any atom is 0.289 e. The van der Waals surface area contributed by atoms with Gasteiger partial charge in [0.2, 0.25) is 0 Å². The number of carbonyl (C=O) groups is 3. The highest BCUT2D eigenvalue weighted by Crippen LogP contribution is 1.91. The quantitative estimate of drug-likeness (QED) is 0.642. The van der Waals surface area contributed by atoms with Gasteiger partial charge in [-0.1, -0.05) is 0 Å². The van der Waals surface area contributed by atoms with Crippen molar-refractivity contribution in [2.75, 3.05) is 0 Å². The molecule has 3 aliphatic rings. The highest BCUT2D eigenvalue weighted by molar-refractivity contribution is 5.89. The molecule has 0 atom stereocenters. The van der Waals surface area contributed by atoms with Crippen LogP contribution in [0.5, 0.6) is 0 Å². The third kappa shape index (κ3) is 5.80. The third-order valence-electron chi connectivity index (χ3n) is 1.32. The van der Waals surface area contributed by atoms with Gasteiger partial charge in [0, 0.05) is 18.2 Å². The minimum atomic E-state index is -0.269. The standard InChI is InChI=1S/3C3H2N2O/c3*6-3-1-2-4-5-3/h3*1-2H. The van der Waals surface area contributed by atoms with Crippen LogP contribution in [0.4, 0.5) is 0 Å². The van der Waals surface area contributed by atoms with E-state index in [2.05, 4.69) is 30.7 Å². The van der Waals surface area contributed by atoms with Gasteiger partial charge in [-0.05, 0) is 0 Å². The third-order valence-corrected chi connectivity index (χ3v) is 1.32. The zero-order valence-electron chi connectivity index (χ0n) is 8.87. The molecule has 0 unspecified atom stereocenters. The van der Waals surface area contributed by atoms with Crippen LogP contribution in [0.1, 0.15) is 0 Å². The maximum atomic E-state index is 9.90. The van der Waals surface area contributed by atoms with E-state index >= 15 is 0 Å². The average molecular weight is 246 g/mol. The number of carbonyl (C=O) groups excluding carboxylic acids is 3. The van der Waals surface area contributed by atoms with E-state index < -0.39 is 0 Å². The summed E-state index contributed by atoms with van der Waals surface area (Å²) in [6.45, 7) is 0. The molecule has 9 nitrogen and oxygen atoms in total. The number of amides is 3. The smallest absolute Gasteiger partial charge is 0.266 e. The van der Waals surface area contributed by atoms with Crippen molar-refractivity contribution in [3.8, 4) is 0 Å². The lowest BCUT2D eigenvalue weighted by Crippen LogP contribution is -1.74. The van der Waals surface area contributed by atoms with Crippen LogP contribution in [0, 0.1) is 0 Å². The fraction of sp³-hybridized carbons (Fsp3) is 0. The van der Waals surface area contributed by atoms with E-state index in [4.69, 9.17) is 0 Å². The van der Waals surface area contributed by atoms with Crippen molar-refractivity contribution in [1.29, 1.82) is 0 Å². The molecule has 0 radical (unpaired) electrons. The molecule has 90 valence electrons. The summed E-state index contributed by atoms with van der Waals surface area (Å²) in [7, 11) is 0. The summed E-state index contributed by atoms with van der Waals surface area (Å²) in [5.41, 5.74) is 0. The first-order chi connectivity index (χ1) is 8.68. The summed E-state index contributed by atoms with van der Waals surface area (Å²) >= 11 is 0. The van der Waals surface area contributed by atoms with E-state index in [1.54, 1.807) is 0 Å². The van der Waals surface area contributed by atoms with Gasteiger partial charge in [-0.15, -0.1) is 15.3 Å². The lowest BCUT2D eigenvalue weighted by Gasteiger charge is -1.59. The fourth-order valence-electron chi connectivity index (χ4n) is 0.662. The first-order valence-electron chi connectivity index (χ1n) is 4.52. The van der Waals surface area contributed by atoms with E-state index in [0.29, 0.717) is 0 Å². The molecule has 0 saturated heterocycles. The highest BCUT2D eigenvalue weighted by Gasteiger charge is 1.93. The summed E-state index contributed by atoms with van der Waals surface area (Å²) in [5.74, 6) is -0.806. The van der Waals surface area contributed by atoms with Crippen molar-refractivity contribution in [2.24, 2.45) is 30.7 Å². The Hall–Kier alpha value is -2.97. The van der Waals surface area contributed by atoms with Crippen molar-refractivity contribution < 1.29 is 14.4 Å². The van der Waals surface area contributed by atoms with Crippen LogP contribution >= 0.6 is 0 Å². The van der Waals surface area contributed by atoms with Gasteiger partial charge in [0.05, 0.1) is 18.6 Å². The first kappa shape index (κ1) is 13.1. The van der Waals surface area contributed by atoms with Crippen LogP contribution in [0.25, 0.3) is 0 Å². The van der Waals surface area contributed by atoms with Crippen molar-refractivity contribution in [3.63, 3.8) is 0 Å². The van der Waals surface area contributed by atoms with Gasteiger partial charge in [0.25, 0.3) is 17.7 Å². The molecule has 0 aliphatic carbocycles. The minimum absolute atomic E-state index is 0.269. The zero-order chi connectivity index (χ0) is 13.2. The van der Waals surface area contributed by atoms with Gasteiger partial charge in [-0.25, -0.2) is 0 Å². The molecule has 18 heavy (non-hydrogen) atoms. The van der Waals surface area contributed by atoms with E-state index in [1.165, 1.54) is 36.8 Å². The molecule has 3 aliphatic heterocycles. The second-order valence-corrected chi connectivity index (χ2v) is 2.61. The number of rotatable bonds is 0. The molecular formula is C9H6N6O3. The van der Waals surface area contributed by atoms with E-state index in [-0.39, 0.29) is 17.7 Å². The summed E-state index contributed by atoms with van der Waals surface area (Å²) in [6, 6.07) is 0. The second kappa shape index (κ2) is 7.33. The lowest BCUT2D eigenvalue weighted by atomic mass is 10.6. The Morgan fingerprint density at radius 2 is 0.833 bits per heavy atom. The number of hydrogen-bond donors (Lipinski definition) is 0. The lowest BCUT2D eigenvalue weighted by molar-refractivity contribution is -0.114. The highest BCUT2D eigenvalue weighted by atomic mass is 16.2. The number of hydrogen-bond acceptors (Lipinski definition) is 6. The normalized spacial score (nSPS) is 17.0. The molecule has 0 aromatic heterocycles. The van der Waals surface area contributed by atoms with Crippen molar-refractivity contribution in [2.45, 2.75) is 0 Å². The van der Waals surface area contributed by atoms with Crippen LogP contribution in [0.3, 0.4) is 0 Å². The van der Waals surface area contributed by atoms with Gasteiger partial charge < -0.3 is 0 Å². The van der Waals surface area contributed by atoms with Crippen LogP contribution in [0.2, 0.25) is 0 Å². The average Bonchev–Trinajstić information content (AvgIpc) is 3.05. The minimum Gasteiger partial charge on any atom is -0.266 e. The largest absolute Gasteiger partial charge is 0.289 e. The maximum absolute atomic E-state index is 9.90. The first-order valence-corrected chi connectivity index (χ1v) is 4.52. The summed E-state index contributed by atoms with van der Waals surface area (Å²) in [6.07, 6.45) is 8.01.